The zero-order valence-electron chi connectivity index (χ0n) is 29.5. The van der Waals surface area contributed by atoms with Crippen LogP contribution in [0.15, 0.2) is 36.4 Å². The topological polar surface area (TPSA) is 30.5 Å². The standard InChI is InChI=1S/C38H54F6N4/c1-33(2,3)47-18-8-14-35(25-47,45-5)17-13-28-20-29-23-34(4,24-31(29)32(22-28)38(42,43)44)48-19-9-15-36(26-48,46-6)16-12-27-10-7-11-30(21-27)37(39,40)41/h7,10-11,20-22,45-46H,8-9,12-19,23-26H2,1-6H3/t34?,35-,36+/m0/s1. The van der Waals surface area contributed by atoms with Gasteiger partial charge >= 0.3 is 12.4 Å². The van der Waals surface area contributed by atoms with Crippen molar-refractivity contribution >= 4 is 0 Å². The van der Waals surface area contributed by atoms with Crippen molar-refractivity contribution in [3.8, 4) is 0 Å². The molecule has 2 N–H and O–H groups in total. The minimum Gasteiger partial charge on any atom is -0.313 e. The van der Waals surface area contributed by atoms with E-state index in [-0.39, 0.29) is 16.6 Å². The molecular weight excluding hydrogens is 626 g/mol. The fourth-order valence-electron chi connectivity index (χ4n) is 8.67. The summed E-state index contributed by atoms with van der Waals surface area (Å²) in [5.41, 5.74) is 0.508. The first kappa shape index (κ1) is 37.1. The van der Waals surface area contributed by atoms with Crippen molar-refractivity contribution in [2.45, 2.75) is 126 Å². The first-order chi connectivity index (χ1) is 22.3. The van der Waals surface area contributed by atoms with Gasteiger partial charge in [0.15, 0.2) is 0 Å². The van der Waals surface area contributed by atoms with Crippen LogP contribution < -0.4 is 10.6 Å². The molecule has 0 amide bonds. The van der Waals surface area contributed by atoms with Crippen molar-refractivity contribution in [1.82, 2.24) is 20.4 Å². The molecule has 3 atom stereocenters. The van der Waals surface area contributed by atoms with E-state index in [9.17, 15) is 26.3 Å². The number of likely N-dealkylation sites (tertiary alicyclic amines) is 2. The zero-order chi connectivity index (χ0) is 35.2. The fourth-order valence-corrected chi connectivity index (χ4v) is 8.67. The molecule has 3 aliphatic rings. The van der Waals surface area contributed by atoms with E-state index in [2.05, 4.69) is 48.1 Å². The van der Waals surface area contributed by atoms with Crippen LogP contribution in [-0.4, -0.2) is 72.2 Å². The Labute approximate surface area is 283 Å². The van der Waals surface area contributed by atoms with Gasteiger partial charge in [-0.2, -0.15) is 26.3 Å². The number of rotatable bonds is 9. The van der Waals surface area contributed by atoms with E-state index >= 15 is 0 Å². The number of aryl methyl sites for hydroxylation is 2. The Balaban J connectivity index is 1.33. The molecule has 0 radical (unpaired) electrons. The van der Waals surface area contributed by atoms with Crippen LogP contribution in [0.3, 0.4) is 0 Å². The molecule has 1 unspecified atom stereocenters. The van der Waals surface area contributed by atoms with Crippen molar-refractivity contribution in [2.24, 2.45) is 0 Å². The van der Waals surface area contributed by atoms with Crippen LogP contribution in [0.5, 0.6) is 0 Å². The van der Waals surface area contributed by atoms with Gasteiger partial charge in [-0.15, -0.1) is 0 Å². The van der Waals surface area contributed by atoms with Crippen LogP contribution in [0.4, 0.5) is 26.3 Å². The van der Waals surface area contributed by atoms with Gasteiger partial charge in [-0.1, -0.05) is 24.3 Å². The molecule has 0 spiro atoms. The number of piperidine rings is 2. The molecular formula is C38H54F6N4. The Hall–Kier alpha value is -2.14. The van der Waals surface area contributed by atoms with Gasteiger partial charge in [0.2, 0.25) is 0 Å². The third kappa shape index (κ3) is 8.08. The lowest BCUT2D eigenvalue weighted by molar-refractivity contribution is -0.138. The molecule has 2 aliphatic heterocycles. The van der Waals surface area contributed by atoms with Gasteiger partial charge in [0.1, 0.15) is 0 Å². The minimum absolute atomic E-state index is 0.0293. The van der Waals surface area contributed by atoms with Crippen LogP contribution in [-0.2, 0) is 38.0 Å². The average molecular weight is 681 g/mol. The summed E-state index contributed by atoms with van der Waals surface area (Å²) in [5.74, 6) is 0. The van der Waals surface area contributed by atoms with Crippen LogP contribution >= 0.6 is 0 Å². The van der Waals surface area contributed by atoms with Gasteiger partial charge in [-0.3, -0.25) is 9.80 Å². The summed E-state index contributed by atoms with van der Waals surface area (Å²) >= 11 is 0. The molecule has 5 rings (SSSR count). The maximum atomic E-state index is 14.7. The maximum absolute atomic E-state index is 14.7. The van der Waals surface area contributed by atoms with Crippen LogP contribution in [0.25, 0.3) is 0 Å². The Morgan fingerprint density at radius 1 is 0.750 bits per heavy atom. The first-order valence-corrected chi connectivity index (χ1v) is 17.6. The molecule has 2 aromatic rings. The highest BCUT2D eigenvalue weighted by molar-refractivity contribution is 5.47. The van der Waals surface area contributed by atoms with Gasteiger partial charge in [-0.25, -0.2) is 0 Å². The third-order valence-electron chi connectivity index (χ3n) is 11.8. The van der Waals surface area contributed by atoms with E-state index in [1.807, 2.05) is 20.2 Å². The van der Waals surface area contributed by atoms with Gasteiger partial charge in [0.05, 0.1) is 11.1 Å². The monoisotopic (exact) mass is 680 g/mol. The zero-order valence-corrected chi connectivity index (χ0v) is 29.5. The number of hydrogen-bond acceptors (Lipinski definition) is 4. The molecule has 0 bridgehead atoms. The summed E-state index contributed by atoms with van der Waals surface area (Å²) in [4.78, 5) is 4.82. The number of nitrogens with one attached hydrogen (secondary N) is 2. The van der Waals surface area contributed by atoms with Gasteiger partial charge in [-0.05, 0) is 153 Å². The molecule has 268 valence electrons. The molecule has 2 heterocycles. The largest absolute Gasteiger partial charge is 0.416 e. The summed E-state index contributed by atoms with van der Waals surface area (Å²) in [5, 5.41) is 7.04. The van der Waals surface area contributed by atoms with Crippen molar-refractivity contribution in [2.75, 3.05) is 40.3 Å². The van der Waals surface area contributed by atoms with E-state index in [0.29, 0.717) is 49.8 Å². The molecule has 0 saturated carbocycles. The van der Waals surface area contributed by atoms with Crippen LogP contribution in [0.2, 0.25) is 0 Å². The molecule has 48 heavy (non-hydrogen) atoms. The Kier molecular flexibility index (Phi) is 10.5. The van der Waals surface area contributed by atoms with Crippen LogP contribution in [0.1, 0.15) is 99.6 Å². The number of benzene rings is 2. The highest BCUT2D eigenvalue weighted by Gasteiger charge is 2.47. The molecule has 2 fully saturated rings. The second-order valence-electron chi connectivity index (χ2n) is 16.1. The summed E-state index contributed by atoms with van der Waals surface area (Å²) in [7, 11) is 3.87. The van der Waals surface area contributed by atoms with Crippen molar-refractivity contribution < 1.29 is 26.3 Å². The summed E-state index contributed by atoms with van der Waals surface area (Å²) in [6.07, 6.45) is -1.71. The predicted molar refractivity (Wildman–Crippen MR) is 180 cm³/mol. The Morgan fingerprint density at radius 2 is 1.38 bits per heavy atom. The lowest BCUT2D eigenvalue weighted by Crippen LogP contribution is -2.61. The van der Waals surface area contributed by atoms with E-state index in [0.717, 1.165) is 68.9 Å². The number of halogens is 6. The lowest BCUT2D eigenvalue weighted by atomic mass is 9.80. The number of fused-ring (bicyclic) bond motifs is 1. The van der Waals surface area contributed by atoms with Crippen molar-refractivity contribution in [1.29, 1.82) is 0 Å². The molecule has 0 aromatic heterocycles. The highest BCUT2D eigenvalue weighted by Crippen LogP contribution is 2.45. The Bertz CT molecular complexity index is 1430. The quantitative estimate of drug-likeness (QED) is 0.263. The molecule has 2 aromatic carbocycles. The normalized spacial score (nSPS) is 27.8. The predicted octanol–water partition coefficient (Wildman–Crippen LogP) is 8.05. The molecule has 10 heteroatoms. The molecule has 2 saturated heterocycles. The van der Waals surface area contributed by atoms with E-state index in [1.165, 1.54) is 18.2 Å². The minimum atomic E-state index is -4.44. The number of likely N-dealkylation sites (N-methyl/N-ethyl adjacent to an activating group) is 2. The maximum Gasteiger partial charge on any atom is 0.416 e. The number of hydrogen-bond donors (Lipinski definition) is 2. The van der Waals surface area contributed by atoms with E-state index < -0.39 is 29.0 Å². The Morgan fingerprint density at radius 3 is 1.98 bits per heavy atom. The average Bonchev–Trinajstić information content (AvgIpc) is 3.38. The second-order valence-corrected chi connectivity index (χ2v) is 16.1. The van der Waals surface area contributed by atoms with Crippen LogP contribution in [0, 0.1) is 0 Å². The number of alkyl halides is 6. The molecule has 1 aliphatic carbocycles. The lowest BCUT2D eigenvalue weighted by Gasteiger charge is -2.49. The smallest absolute Gasteiger partial charge is 0.313 e. The molecule has 4 nitrogen and oxygen atoms in total. The summed E-state index contributed by atoms with van der Waals surface area (Å²) in [6, 6.07) is 8.94. The fraction of sp³-hybridized carbons (Fsp3) is 0.684. The highest BCUT2D eigenvalue weighted by atomic mass is 19.4. The first-order valence-electron chi connectivity index (χ1n) is 17.6. The van der Waals surface area contributed by atoms with E-state index in [1.54, 1.807) is 6.07 Å². The van der Waals surface area contributed by atoms with Crippen molar-refractivity contribution in [3.63, 3.8) is 0 Å². The van der Waals surface area contributed by atoms with Gasteiger partial charge in [0, 0.05) is 35.2 Å². The summed E-state index contributed by atoms with van der Waals surface area (Å²) < 4.78 is 84.0. The summed E-state index contributed by atoms with van der Waals surface area (Å²) in [6.45, 7) is 12.0. The SMILES string of the molecule is CN[C@]1(CCc2cc3c(c(C(F)(F)F)c2)CC(C)(N2CCC[C@](CCc4cccc(C(F)(F)F)c4)(NC)C2)C3)CCCN(C(C)(C)C)C1. The number of nitrogens with zero attached hydrogens (tertiary/aromatic N) is 2. The van der Waals surface area contributed by atoms with E-state index in [4.69, 9.17) is 0 Å². The van der Waals surface area contributed by atoms with Gasteiger partial charge in [0.25, 0.3) is 0 Å². The third-order valence-corrected chi connectivity index (χ3v) is 11.8. The van der Waals surface area contributed by atoms with Crippen molar-refractivity contribution in [3.05, 3.63) is 69.8 Å². The second kappa shape index (κ2) is 13.5. The van der Waals surface area contributed by atoms with Gasteiger partial charge < -0.3 is 10.6 Å².